The molecule has 380 valence electrons. The summed E-state index contributed by atoms with van der Waals surface area (Å²) < 4.78 is 71.9. The first-order valence-corrected chi connectivity index (χ1v) is 26.8. The Balaban J connectivity index is 0.999. The van der Waals surface area contributed by atoms with Crippen LogP contribution in [0.4, 0.5) is 17.3 Å². The van der Waals surface area contributed by atoms with E-state index in [9.17, 15) is 0 Å². The van der Waals surface area contributed by atoms with Crippen LogP contribution < -0.4 is 0 Å². The molecule has 0 N–H and O–H groups in total. The molecule has 0 unspecified atom stereocenters. The van der Waals surface area contributed by atoms with E-state index in [1.165, 1.54) is 61.2 Å². The third kappa shape index (κ3) is 6.21. The Bertz CT molecular complexity index is 4390. The molecule has 6 heterocycles. The van der Waals surface area contributed by atoms with Gasteiger partial charge in [0.15, 0.2) is 11.4 Å². The van der Waals surface area contributed by atoms with Gasteiger partial charge in [0.1, 0.15) is 11.4 Å². The molecule has 2 aromatic heterocycles. The highest BCUT2D eigenvalue weighted by Gasteiger charge is 2.57. The Hall–Kier alpha value is -7.45. The van der Waals surface area contributed by atoms with Crippen molar-refractivity contribution in [2.24, 2.45) is 0 Å². The largest absolute Gasteiger partial charge is 0.737 e. The van der Waals surface area contributed by atoms with E-state index >= 15 is 17.3 Å². The lowest BCUT2D eigenvalue weighted by atomic mass is 9.79. The summed E-state index contributed by atoms with van der Waals surface area (Å²) in [6, 6.07) is 33.5. The van der Waals surface area contributed by atoms with Gasteiger partial charge in [-0.15, -0.1) is 0 Å². The van der Waals surface area contributed by atoms with Crippen LogP contribution in [0.15, 0.2) is 126 Å². The minimum atomic E-state index is -4.09. The first-order valence-electron chi connectivity index (χ1n) is 26.8. The molecule has 76 heavy (non-hydrogen) atoms. The maximum atomic E-state index is 16.7. The van der Waals surface area contributed by atoms with Gasteiger partial charge in [-0.25, -0.2) is 0 Å². The Morgan fingerprint density at radius 1 is 0.421 bits per heavy atom. The zero-order valence-electron chi connectivity index (χ0n) is 46.3. The van der Waals surface area contributed by atoms with E-state index < -0.39 is 13.9 Å². The monoisotopic (exact) mass is 1010 g/mol. The Kier molecular flexibility index (Phi) is 9.89. The summed E-state index contributed by atoms with van der Waals surface area (Å²) in [6.45, 7) is 22.1. The number of allylic oxidation sites excluding steroid dienone is 4. The molecule has 0 aliphatic carbocycles. The molecular formula is C66H62B2F4N4. The number of halogens is 4. The maximum absolute atomic E-state index is 16.7. The zero-order chi connectivity index (χ0) is 53.9. The second-order valence-electron chi connectivity index (χ2n) is 23.9. The Labute approximate surface area is 442 Å². The SMILES string of the molecule is CC1=CC(C)=[N+]2C1=C(c1c(C)cc(-c3ccc4c5ccc(-c6cc(C)c(C7=C8C(C)=CC(C)=[N+]8[B-](F)(F)n8c(C)cc(C)c87)c(C)c6)c6cc(C(C)(C)C)cc(c7cccc3c47)c65)cc1C)c1c(C)cc(C)n1[B-]2(F)F. The van der Waals surface area contributed by atoms with Crippen molar-refractivity contribution < 1.29 is 26.2 Å². The van der Waals surface area contributed by atoms with E-state index in [4.69, 9.17) is 0 Å². The normalized spacial score (nSPS) is 17.0. The summed E-state index contributed by atoms with van der Waals surface area (Å²) in [7, 11) is 0. The average molecular weight is 1010 g/mol. The molecule has 0 saturated carbocycles. The van der Waals surface area contributed by atoms with Crippen molar-refractivity contribution in [2.45, 2.75) is 109 Å². The van der Waals surface area contributed by atoms with Gasteiger partial charge in [-0.3, -0.25) is 0 Å². The Morgan fingerprint density at radius 3 is 1.24 bits per heavy atom. The van der Waals surface area contributed by atoms with E-state index in [-0.39, 0.29) is 5.41 Å². The number of nitrogens with zero attached hydrogens (tertiary/aromatic N) is 4. The summed E-state index contributed by atoms with van der Waals surface area (Å²) in [5, 5.41) is 9.53. The number of aromatic nitrogens is 2. The average Bonchev–Trinajstić information content (AvgIpc) is 4.16. The molecule has 0 amide bonds. The molecule has 0 atom stereocenters. The van der Waals surface area contributed by atoms with Crippen molar-refractivity contribution in [3.63, 3.8) is 0 Å². The van der Waals surface area contributed by atoms with Crippen LogP contribution in [0, 0.1) is 55.4 Å². The molecule has 4 nitrogen and oxygen atoms in total. The van der Waals surface area contributed by atoms with Crippen molar-refractivity contribution >= 4 is 79.6 Å². The van der Waals surface area contributed by atoms with Gasteiger partial charge in [0.25, 0.3) is 0 Å². The fourth-order valence-electron chi connectivity index (χ4n) is 14.8. The topological polar surface area (TPSA) is 15.9 Å². The summed E-state index contributed by atoms with van der Waals surface area (Å²) in [5.74, 6) is 0. The molecule has 0 saturated heterocycles. The molecule has 0 fully saturated rings. The van der Waals surface area contributed by atoms with Crippen LogP contribution in [-0.4, -0.2) is 43.3 Å². The van der Waals surface area contributed by atoms with Gasteiger partial charge in [0.2, 0.25) is 0 Å². The molecule has 10 heteroatoms. The van der Waals surface area contributed by atoms with Gasteiger partial charge in [-0.05, 0) is 226 Å². The third-order valence-corrected chi connectivity index (χ3v) is 17.7. The molecule has 4 aliphatic heterocycles. The van der Waals surface area contributed by atoms with Crippen LogP contribution in [0.3, 0.4) is 0 Å². The number of hydrogen-bond acceptors (Lipinski definition) is 0. The minimum absolute atomic E-state index is 0.164. The smallest absolute Gasteiger partial charge is 0.393 e. The molecule has 0 bridgehead atoms. The highest BCUT2D eigenvalue weighted by Crippen LogP contribution is 2.51. The summed E-state index contributed by atoms with van der Waals surface area (Å²) in [4.78, 5) is 0. The van der Waals surface area contributed by atoms with Gasteiger partial charge < -0.3 is 35.2 Å². The first kappa shape index (κ1) is 48.2. The molecule has 13 rings (SSSR count). The van der Waals surface area contributed by atoms with Gasteiger partial charge in [-0.1, -0.05) is 87.5 Å². The maximum Gasteiger partial charge on any atom is 0.737 e. The van der Waals surface area contributed by atoms with Crippen LogP contribution >= 0.6 is 0 Å². The lowest BCUT2D eigenvalue weighted by Gasteiger charge is -2.35. The van der Waals surface area contributed by atoms with E-state index in [0.717, 1.165) is 94.4 Å². The van der Waals surface area contributed by atoms with Crippen LogP contribution in [0.1, 0.15) is 121 Å². The lowest BCUT2D eigenvalue weighted by molar-refractivity contribution is -0.364. The van der Waals surface area contributed by atoms with Gasteiger partial charge in [-0.2, -0.15) is 0 Å². The second kappa shape index (κ2) is 15.6. The van der Waals surface area contributed by atoms with E-state index in [2.05, 4.69) is 127 Å². The number of aryl methyl sites for hydroxylation is 8. The highest BCUT2D eigenvalue weighted by molar-refractivity contribution is 6.59. The van der Waals surface area contributed by atoms with Crippen LogP contribution in [-0.2, 0) is 5.41 Å². The number of benzene rings is 7. The second-order valence-corrected chi connectivity index (χ2v) is 23.9. The fraction of sp³-hybridized carbons (Fsp3) is 0.242. The van der Waals surface area contributed by atoms with Crippen LogP contribution in [0.5, 0.6) is 0 Å². The number of fused-ring (bicyclic) bond motifs is 6. The first-order chi connectivity index (χ1) is 35.8. The van der Waals surface area contributed by atoms with Crippen molar-refractivity contribution in [1.82, 2.24) is 8.96 Å². The van der Waals surface area contributed by atoms with Crippen LogP contribution in [0.25, 0.3) is 76.5 Å². The van der Waals surface area contributed by atoms with Crippen molar-refractivity contribution in [2.75, 3.05) is 0 Å². The molecule has 0 radical (unpaired) electrons. The van der Waals surface area contributed by atoms with E-state index in [1.54, 1.807) is 27.7 Å². The molecule has 9 aromatic rings. The predicted molar refractivity (Wildman–Crippen MR) is 312 cm³/mol. The standard InChI is InChI=1S/C66H62B2F4N4/c1-33-27-45(28-34(2)56(33)60-62-37(5)23-41(9)73(62)67(69,70)74-42(10)24-38(6)63(60)74)48-19-21-52-53-22-20-49(54-31-47(66(13,14)15)32-55(59(53)54)51-18-16-17-50(48)58(51)52)46-29-35(3)57(36(4)30-46)61-64-39(7)25-43(11)75(64)68(71,72)76-44(12)26-40(8)65(61)76/h16-32H,1-15H3. The van der Waals surface area contributed by atoms with Crippen molar-refractivity contribution in [3.05, 3.63) is 199 Å². The molecule has 0 spiro atoms. The molecule has 7 aromatic carbocycles. The molecular weight excluding hydrogens is 946 g/mol. The minimum Gasteiger partial charge on any atom is -0.393 e. The number of rotatable bonds is 4. The predicted octanol–water partition coefficient (Wildman–Crippen LogP) is 17.3. The summed E-state index contributed by atoms with van der Waals surface area (Å²) in [5.41, 5.74) is 21.4. The molecule has 4 aliphatic rings. The van der Waals surface area contributed by atoms with Gasteiger partial charge in [0.05, 0.1) is 11.1 Å². The highest BCUT2D eigenvalue weighted by atomic mass is 19.3. The van der Waals surface area contributed by atoms with Crippen molar-refractivity contribution in [1.29, 1.82) is 0 Å². The van der Waals surface area contributed by atoms with Gasteiger partial charge >= 0.3 is 13.9 Å². The quantitative estimate of drug-likeness (QED) is 0.0723. The lowest BCUT2D eigenvalue weighted by Crippen LogP contribution is -2.51. The van der Waals surface area contributed by atoms with Gasteiger partial charge in [0, 0.05) is 48.5 Å². The number of hydrogen-bond donors (Lipinski definition) is 0. The summed E-state index contributed by atoms with van der Waals surface area (Å²) >= 11 is 0. The fourth-order valence-corrected chi connectivity index (χ4v) is 14.8. The van der Waals surface area contributed by atoms with Crippen LogP contribution in [0.2, 0.25) is 0 Å². The van der Waals surface area contributed by atoms with E-state index in [1.807, 2.05) is 52.0 Å². The summed E-state index contributed by atoms with van der Waals surface area (Å²) in [6.07, 6.45) is 3.79. The zero-order valence-corrected chi connectivity index (χ0v) is 46.3. The van der Waals surface area contributed by atoms with Crippen molar-refractivity contribution in [3.8, 4) is 22.3 Å². The third-order valence-electron chi connectivity index (χ3n) is 17.7. The van der Waals surface area contributed by atoms with E-state index in [0.29, 0.717) is 45.6 Å². The Morgan fingerprint density at radius 2 is 0.803 bits per heavy atom.